The molecule has 0 fully saturated rings. The average Bonchev–Trinajstić information content (AvgIpc) is 2.35. The van der Waals surface area contributed by atoms with Gasteiger partial charge in [-0.05, 0) is 18.2 Å². The molecule has 6 nitrogen and oxygen atoms in total. The number of nitriles is 1. The lowest BCUT2D eigenvalue weighted by Gasteiger charge is -2.16. The molecule has 0 bridgehead atoms. The van der Waals surface area contributed by atoms with Gasteiger partial charge >= 0.3 is 5.97 Å². The van der Waals surface area contributed by atoms with Gasteiger partial charge in [-0.1, -0.05) is 0 Å². The van der Waals surface area contributed by atoms with E-state index in [9.17, 15) is 17.6 Å². The molecule has 102 valence electrons. The van der Waals surface area contributed by atoms with Gasteiger partial charge in [0.25, 0.3) is 0 Å². The van der Waals surface area contributed by atoms with Crippen LogP contribution in [0.3, 0.4) is 0 Å². The summed E-state index contributed by atoms with van der Waals surface area (Å²) in [5, 5.41) is 17.1. The third-order valence-electron chi connectivity index (χ3n) is 2.41. The summed E-state index contributed by atoms with van der Waals surface area (Å²) in [4.78, 5) is 10.0. The Bertz CT molecular complexity index is 637. The first-order chi connectivity index (χ1) is 8.80. The first kappa shape index (κ1) is 15.1. The zero-order valence-electron chi connectivity index (χ0n) is 10.00. The van der Waals surface area contributed by atoms with Crippen LogP contribution in [0, 0.1) is 17.1 Å². The van der Waals surface area contributed by atoms with E-state index in [-0.39, 0.29) is 18.5 Å². The van der Waals surface area contributed by atoms with Gasteiger partial charge in [0.15, 0.2) is 0 Å². The second-order valence-corrected chi connectivity index (χ2v) is 5.70. The Morgan fingerprint density at radius 1 is 1.53 bits per heavy atom. The number of nitrogens with zero attached hydrogens (tertiary/aromatic N) is 2. The lowest BCUT2D eigenvalue weighted by atomic mass is 10.2. The lowest BCUT2D eigenvalue weighted by molar-refractivity contribution is 0.0696. The predicted octanol–water partition coefficient (Wildman–Crippen LogP) is 1.06. The Balaban J connectivity index is 3.16. The van der Waals surface area contributed by atoms with Crippen molar-refractivity contribution in [2.24, 2.45) is 0 Å². The summed E-state index contributed by atoms with van der Waals surface area (Å²) in [6.45, 7) is -0.0705. The third-order valence-corrected chi connectivity index (χ3v) is 4.30. The van der Waals surface area contributed by atoms with E-state index in [0.29, 0.717) is 6.07 Å². The van der Waals surface area contributed by atoms with Crippen molar-refractivity contribution < 1.29 is 22.7 Å². The molecule has 1 N–H and O–H groups in total. The molecule has 0 heterocycles. The number of carboxylic acids is 1. The van der Waals surface area contributed by atoms with E-state index in [1.165, 1.54) is 7.05 Å². The van der Waals surface area contributed by atoms with Crippen LogP contribution in [-0.2, 0) is 10.0 Å². The van der Waals surface area contributed by atoms with Gasteiger partial charge < -0.3 is 5.11 Å². The SMILES string of the molecule is CN(CCC#N)S(=O)(=O)c1ccc(C(=O)O)cc1F. The Hall–Kier alpha value is -1.98. The third kappa shape index (κ3) is 3.27. The number of benzene rings is 1. The number of carbonyl (C=O) groups is 1. The molecule has 0 amide bonds. The monoisotopic (exact) mass is 286 g/mol. The number of hydrogen-bond acceptors (Lipinski definition) is 4. The first-order valence-electron chi connectivity index (χ1n) is 5.17. The van der Waals surface area contributed by atoms with Crippen LogP contribution in [0.4, 0.5) is 4.39 Å². The largest absolute Gasteiger partial charge is 0.478 e. The zero-order chi connectivity index (χ0) is 14.6. The van der Waals surface area contributed by atoms with Crippen LogP contribution in [-0.4, -0.2) is 37.4 Å². The van der Waals surface area contributed by atoms with Crippen molar-refractivity contribution >= 4 is 16.0 Å². The molecular formula is C11H11FN2O4S. The molecule has 0 radical (unpaired) electrons. The van der Waals surface area contributed by atoms with Crippen LogP contribution in [0.2, 0.25) is 0 Å². The molecule has 0 atom stereocenters. The minimum absolute atomic E-state index is 0.0233. The van der Waals surface area contributed by atoms with E-state index in [2.05, 4.69) is 0 Å². The molecular weight excluding hydrogens is 275 g/mol. The molecule has 8 heteroatoms. The minimum Gasteiger partial charge on any atom is -0.478 e. The number of carboxylic acid groups (broad SMARTS) is 1. The summed E-state index contributed by atoms with van der Waals surface area (Å²) in [7, 11) is -2.85. The number of hydrogen-bond donors (Lipinski definition) is 1. The highest BCUT2D eigenvalue weighted by atomic mass is 32.2. The summed E-state index contributed by atoms with van der Waals surface area (Å²) in [5.41, 5.74) is -0.337. The van der Waals surface area contributed by atoms with Crippen LogP contribution < -0.4 is 0 Å². The molecule has 0 aliphatic heterocycles. The predicted molar refractivity (Wildman–Crippen MR) is 63.4 cm³/mol. The summed E-state index contributed by atoms with van der Waals surface area (Å²) in [5.74, 6) is -2.48. The van der Waals surface area contributed by atoms with Crippen molar-refractivity contribution in [3.8, 4) is 6.07 Å². The van der Waals surface area contributed by atoms with Crippen molar-refractivity contribution in [2.45, 2.75) is 11.3 Å². The standard InChI is InChI=1S/C11H11FN2O4S/c1-14(6-2-5-13)19(17,18)10-4-3-8(11(15)16)7-9(10)12/h3-4,7H,2,6H2,1H3,(H,15,16). The highest BCUT2D eigenvalue weighted by molar-refractivity contribution is 7.89. The molecule has 0 spiro atoms. The highest BCUT2D eigenvalue weighted by Crippen LogP contribution is 2.19. The molecule has 0 aromatic heterocycles. The van der Waals surface area contributed by atoms with Gasteiger partial charge in [0.05, 0.1) is 11.6 Å². The number of sulfonamides is 1. The molecule has 0 aliphatic carbocycles. The van der Waals surface area contributed by atoms with Gasteiger partial charge in [-0.3, -0.25) is 0 Å². The molecule has 0 aliphatic rings. The van der Waals surface area contributed by atoms with Crippen LogP contribution in [0.1, 0.15) is 16.8 Å². The second-order valence-electron chi connectivity index (χ2n) is 3.69. The average molecular weight is 286 g/mol. The smallest absolute Gasteiger partial charge is 0.335 e. The Morgan fingerprint density at radius 3 is 2.63 bits per heavy atom. The Kier molecular flexibility index (Phi) is 4.58. The Morgan fingerprint density at radius 2 is 2.16 bits per heavy atom. The maximum absolute atomic E-state index is 13.7. The maximum atomic E-state index is 13.7. The van der Waals surface area contributed by atoms with Crippen molar-refractivity contribution in [3.05, 3.63) is 29.6 Å². The molecule has 0 saturated carbocycles. The van der Waals surface area contributed by atoms with Crippen LogP contribution in [0.15, 0.2) is 23.1 Å². The number of aromatic carboxylic acids is 1. The molecule has 0 saturated heterocycles. The van der Waals surface area contributed by atoms with E-state index in [4.69, 9.17) is 10.4 Å². The Labute approximate surface area is 109 Å². The van der Waals surface area contributed by atoms with Crippen LogP contribution in [0.25, 0.3) is 0 Å². The van der Waals surface area contributed by atoms with Crippen LogP contribution >= 0.6 is 0 Å². The van der Waals surface area contributed by atoms with Gasteiger partial charge in [-0.15, -0.1) is 0 Å². The van der Waals surface area contributed by atoms with Crippen molar-refractivity contribution in [1.29, 1.82) is 5.26 Å². The van der Waals surface area contributed by atoms with Gasteiger partial charge in [-0.2, -0.15) is 9.57 Å². The summed E-state index contributed by atoms with van der Waals surface area (Å²) in [6.07, 6.45) is -0.0233. The molecule has 0 unspecified atom stereocenters. The molecule has 1 aromatic carbocycles. The van der Waals surface area contributed by atoms with Crippen molar-refractivity contribution in [2.75, 3.05) is 13.6 Å². The normalized spacial score (nSPS) is 11.3. The van der Waals surface area contributed by atoms with E-state index in [0.717, 1.165) is 16.4 Å². The van der Waals surface area contributed by atoms with Gasteiger partial charge in [-0.25, -0.2) is 17.6 Å². The van der Waals surface area contributed by atoms with E-state index < -0.39 is 26.7 Å². The summed E-state index contributed by atoms with van der Waals surface area (Å²) in [6, 6.07) is 4.34. The zero-order valence-corrected chi connectivity index (χ0v) is 10.8. The minimum atomic E-state index is -4.07. The fourth-order valence-corrected chi connectivity index (χ4v) is 2.55. The van der Waals surface area contributed by atoms with Crippen molar-refractivity contribution in [3.63, 3.8) is 0 Å². The van der Waals surface area contributed by atoms with E-state index >= 15 is 0 Å². The van der Waals surface area contributed by atoms with E-state index in [1.54, 1.807) is 6.07 Å². The molecule has 19 heavy (non-hydrogen) atoms. The number of halogens is 1. The topological polar surface area (TPSA) is 98.5 Å². The molecule has 1 aromatic rings. The first-order valence-corrected chi connectivity index (χ1v) is 6.61. The van der Waals surface area contributed by atoms with Gasteiger partial charge in [0, 0.05) is 20.0 Å². The fourth-order valence-electron chi connectivity index (χ4n) is 1.34. The van der Waals surface area contributed by atoms with Gasteiger partial charge in [0.2, 0.25) is 10.0 Å². The number of rotatable bonds is 5. The summed E-state index contributed by atoms with van der Waals surface area (Å²) < 4.78 is 38.4. The van der Waals surface area contributed by atoms with Crippen molar-refractivity contribution in [1.82, 2.24) is 4.31 Å². The van der Waals surface area contributed by atoms with E-state index in [1.807, 2.05) is 0 Å². The fraction of sp³-hybridized carbons (Fsp3) is 0.273. The second kappa shape index (κ2) is 5.77. The quantitative estimate of drug-likeness (QED) is 0.872. The lowest BCUT2D eigenvalue weighted by Crippen LogP contribution is -2.28. The maximum Gasteiger partial charge on any atom is 0.335 e. The van der Waals surface area contributed by atoms with Crippen LogP contribution in [0.5, 0.6) is 0 Å². The highest BCUT2D eigenvalue weighted by Gasteiger charge is 2.24. The summed E-state index contributed by atoms with van der Waals surface area (Å²) >= 11 is 0. The molecule has 1 rings (SSSR count). The van der Waals surface area contributed by atoms with Gasteiger partial charge in [0.1, 0.15) is 10.7 Å².